The number of rotatable bonds is 7. The molecule has 0 unspecified atom stereocenters. The smallest absolute Gasteiger partial charge is 0.416 e. The Bertz CT molecular complexity index is 961. The predicted octanol–water partition coefficient (Wildman–Crippen LogP) is 6.08. The van der Waals surface area contributed by atoms with Gasteiger partial charge in [-0.1, -0.05) is 72.8 Å². The lowest BCUT2D eigenvalue weighted by Crippen LogP contribution is -2.43. The molecular formula is C25H24F3NO2. The molecule has 0 heterocycles. The summed E-state index contributed by atoms with van der Waals surface area (Å²) < 4.78 is 48.2. The Balaban J connectivity index is 2.36. The molecule has 0 radical (unpaired) electrons. The van der Waals surface area contributed by atoms with Crippen molar-refractivity contribution in [1.29, 1.82) is 0 Å². The highest BCUT2D eigenvalue weighted by atomic mass is 19.4. The first-order chi connectivity index (χ1) is 14.8. The van der Waals surface area contributed by atoms with Crippen molar-refractivity contribution in [1.82, 2.24) is 5.06 Å². The summed E-state index contributed by atoms with van der Waals surface area (Å²) in [7, 11) is 4.53. The summed E-state index contributed by atoms with van der Waals surface area (Å²) in [6.45, 7) is 0. The zero-order valence-electron chi connectivity index (χ0n) is 17.6. The summed E-state index contributed by atoms with van der Waals surface area (Å²) in [4.78, 5) is 5.51. The van der Waals surface area contributed by atoms with Gasteiger partial charge in [0.2, 0.25) is 0 Å². The minimum atomic E-state index is -4.60. The number of nitrogens with zero attached hydrogens (tertiary/aromatic N) is 1. The van der Waals surface area contributed by atoms with Crippen molar-refractivity contribution in [3.05, 3.63) is 108 Å². The number of halogens is 3. The van der Waals surface area contributed by atoms with Crippen LogP contribution in [-0.4, -0.2) is 32.5 Å². The van der Waals surface area contributed by atoms with Crippen LogP contribution < -0.4 is 4.74 Å². The molecule has 0 spiro atoms. The van der Waals surface area contributed by atoms with Crippen LogP contribution in [0.3, 0.4) is 0 Å². The Morgan fingerprint density at radius 3 is 1.65 bits per heavy atom. The van der Waals surface area contributed by atoms with Crippen LogP contribution in [0.2, 0.25) is 0 Å². The zero-order chi connectivity index (χ0) is 22.5. The van der Waals surface area contributed by atoms with Crippen molar-refractivity contribution in [3.8, 4) is 5.75 Å². The van der Waals surface area contributed by atoms with Crippen molar-refractivity contribution in [2.75, 3.05) is 21.3 Å². The van der Waals surface area contributed by atoms with E-state index in [1.165, 1.54) is 49.6 Å². The third-order valence-corrected chi connectivity index (χ3v) is 5.26. The number of hydrogen-bond donors (Lipinski definition) is 0. The molecule has 0 fully saturated rings. The molecule has 0 aliphatic rings. The van der Waals surface area contributed by atoms with Crippen molar-refractivity contribution in [2.45, 2.75) is 11.7 Å². The standard InChI is InChI=1S/C25H24F3NO2/c1-29(31-3)24(20-10-6-4-7-11-20,21-12-8-5-9-13-21)18-23(25(26,27)28)19-14-16-22(30-2)17-15-19/h4-18H,1-3H3/b23-18+. The van der Waals surface area contributed by atoms with Gasteiger partial charge in [-0.25, -0.2) is 0 Å². The SMILES string of the molecule is COc1ccc(/C(=C\C(c2ccccc2)(c2ccccc2)N(C)OC)C(F)(F)F)cc1. The first-order valence-corrected chi connectivity index (χ1v) is 9.66. The van der Waals surface area contributed by atoms with Crippen LogP contribution in [0.4, 0.5) is 13.2 Å². The number of likely N-dealkylation sites (N-methyl/N-ethyl adjacent to an activating group) is 1. The van der Waals surface area contributed by atoms with E-state index in [0.717, 1.165) is 0 Å². The maximum absolute atomic E-state index is 14.4. The molecule has 3 rings (SSSR count). The van der Waals surface area contributed by atoms with Crippen LogP contribution in [0.1, 0.15) is 16.7 Å². The number of methoxy groups -OCH3 is 1. The highest BCUT2D eigenvalue weighted by Gasteiger charge is 2.43. The molecule has 0 bridgehead atoms. The first kappa shape index (κ1) is 22.6. The van der Waals surface area contributed by atoms with Gasteiger partial charge in [0.25, 0.3) is 0 Å². The van der Waals surface area contributed by atoms with Crippen molar-refractivity contribution in [2.24, 2.45) is 0 Å². The number of allylic oxidation sites excluding steroid dienone is 1. The molecule has 31 heavy (non-hydrogen) atoms. The fraction of sp³-hybridized carbons (Fsp3) is 0.200. The van der Waals surface area contributed by atoms with E-state index >= 15 is 0 Å². The molecule has 0 saturated heterocycles. The van der Waals surface area contributed by atoms with E-state index < -0.39 is 17.3 Å². The minimum absolute atomic E-state index is 0.0361. The number of alkyl halides is 3. The molecule has 3 aromatic carbocycles. The normalized spacial score (nSPS) is 12.8. The van der Waals surface area contributed by atoms with Crippen LogP contribution in [-0.2, 0) is 10.4 Å². The van der Waals surface area contributed by atoms with Gasteiger partial charge in [-0.3, -0.25) is 0 Å². The Kier molecular flexibility index (Phi) is 6.83. The van der Waals surface area contributed by atoms with E-state index in [1.807, 2.05) is 12.1 Å². The predicted molar refractivity (Wildman–Crippen MR) is 115 cm³/mol. The van der Waals surface area contributed by atoms with Gasteiger partial charge in [0, 0.05) is 7.05 Å². The van der Waals surface area contributed by atoms with Crippen molar-refractivity contribution >= 4 is 5.57 Å². The zero-order valence-corrected chi connectivity index (χ0v) is 17.6. The van der Waals surface area contributed by atoms with Crippen LogP contribution in [0.5, 0.6) is 5.75 Å². The molecule has 0 atom stereocenters. The number of benzene rings is 3. The highest BCUT2D eigenvalue weighted by Crippen LogP contribution is 2.43. The van der Waals surface area contributed by atoms with Gasteiger partial charge in [-0.15, -0.1) is 0 Å². The Hall–Kier alpha value is -3.09. The molecule has 0 aliphatic carbocycles. The fourth-order valence-electron chi connectivity index (χ4n) is 3.62. The van der Waals surface area contributed by atoms with Crippen LogP contribution in [0, 0.1) is 0 Å². The second-order valence-corrected chi connectivity index (χ2v) is 6.96. The highest BCUT2D eigenvalue weighted by molar-refractivity contribution is 5.72. The average molecular weight is 427 g/mol. The third kappa shape index (κ3) is 4.65. The molecule has 3 aromatic rings. The third-order valence-electron chi connectivity index (χ3n) is 5.26. The first-order valence-electron chi connectivity index (χ1n) is 9.66. The maximum Gasteiger partial charge on any atom is 0.416 e. The average Bonchev–Trinajstić information content (AvgIpc) is 2.80. The van der Waals surface area contributed by atoms with Gasteiger partial charge in [0.15, 0.2) is 0 Å². The molecule has 6 heteroatoms. The molecule has 3 nitrogen and oxygen atoms in total. The van der Waals surface area contributed by atoms with Crippen LogP contribution in [0.15, 0.2) is 91.0 Å². The van der Waals surface area contributed by atoms with E-state index in [9.17, 15) is 13.2 Å². The summed E-state index contributed by atoms with van der Waals surface area (Å²) in [6.07, 6.45) is -3.37. The van der Waals surface area contributed by atoms with Gasteiger partial charge >= 0.3 is 6.18 Å². The van der Waals surface area contributed by atoms with Gasteiger partial charge in [-0.2, -0.15) is 18.2 Å². The fourth-order valence-corrected chi connectivity index (χ4v) is 3.62. The monoisotopic (exact) mass is 427 g/mol. The molecule has 0 saturated carbocycles. The number of ether oxygens (including phenoxy) is 1. The second-order valence-electron chi connectivity index (χ2n) is 6.96. The quantitative estimate of drug-likeness (QED) is 0.427. The Morgan fingerprint density at radius 1 is 0.774 bits per heavy atom. The molecule has 0 aromatic heterocycles. The van der Waals surface area contributed by atoms with Gasteiger partial charge in [0.1, 0.15) is 11.3 Å². The summed E-state index contributed by atoms with van der Waals surface area (Å²) in [5.41, 5.74) is -0.787. The molecule has 0 N–H and O–H groups in total. The molecule has 162 valence electrons. The lowest BCUT2D eigenvalue weighted by atomic mass is 9.80. The maximum atomic E-state index is 14.4. The largest absolute Gasteiger partial charge is 0.497 e. The summed E-state index contributed by atoms with van der Waals surface area (Å²) in [5.74, 6) is 0.483. The van der Waals surface area contributed by atoms with Gasteiger partial charge < -0.3 is 9.57 Å². The molecule has 0 amide bonds. The van der Waals surface area contributed by atoms with Gasteiger partial charge in [0.05, 0.1) is 19.8 Å². The van der Waals surface area contributed by atoms with Gasteiger partial charge in [-0.05, 0) is 34.9 Å². The van der Waals surface area contributed by atoms with E-state index in [-0.39, 0.29) is 5.56 Å². The molecular weight excluding hydrogens is 403 g/mol. The summed E-state index contributed by atoms with van der Waals surface area (Å²) in [6, 6.07) is 23.9. The molecule has 0 aliphatic heterocycles. The summed E-state index contributed by atoms with van der Waals surface area (Å²) >= 11 is 0. The van der Waals surface area contributed by atoms with E-state index in [4.69, 9.17) is 9.57 Å². The van der Waals surface area contributed by atoms with Crippen molar-refractivity contribution in [3.63, 3.8) is 0 Å². The lowest BCUT2D eigenvalue weighted by Gasteiger charge is -2.40. The van der Waals surface area contributed by atoms with Crippen LogP contribution in [0.25, 0.3) is 5.57 Å². The van der Waals surface area contributed by atoms with E-state index in [2.05, 4.69) is 0 Å². The topological polar surface area (TPSA) is 21.7 Å². The number of hydrogen-bond acceptors (Lipinski definition) is 3. The Labute approximate surface area is 180 Å². The lowest BCUT2D eigenvalue weighted by molar-refractivity contribution is -0.159. The van der Waals surface area contributed by atoms with E-state index in [1.54, 1.807) is 55.6 Å². The van der Waals surface area contributed by atoms with Crippen LogP contribution >= 0.6 is 0 Å². The Morgan fingerprint density at radius 2 is 1.26 bits per heavy atom. The summed E-state index contributed by atoms with van der Waals surface area (Å²) in [5, 5.41) is 1.44. The number of hydroxylamine groups is 2. The second kappa shape index (κ2) is 9.37. The minimum Gasteiger partial charge on any atom is -0.497 e. The van der Waals surface area contributed by atoms with E-state index in [0.29, 0.717) is 16.9 Å². The van der Waals surface area contributed by atoms with Crippen molar-refractivity contribution < 1.29 is 22.7 Å².